The maximum atomic E-state index is 5.24. The zero-order chi connectivity index (χ0) is 30.1. The van der Waals surface area contributed by atoms with Crippen LogP contribution in [0.15, 0.2) is 140 Å². The molecule has 45 heavy (non-hydrogen) atoms. The Morgan fingerprint density at radius 1 is 0.444 bits per heavy atom. The molecule has 3 nitrogen and oxygen atoms in total. The Morgan fingerprint density at radius 3 is 1.82 bits per heavy atom. The first kappa shape index (κ1) is 25.7. The van der Waals surface area contributed by atoms with E-state index in [2.05, 4.69) is 152 Å². The van der Waals surface area contributed by atoms with E-state index in [1.165, 1.54) is 60.5 Å². The first-order valence-electron chi connectivity index (χ1n) is 15.4. The average molecular weight is 576 g/mol. The number of aryl methyl sites for hydroxylation is 2. The van der Waals surface area contributed by atoms with Gasteiger partial charge < -0.3 is 4.57 Å². The molecular formula is C42H29N3. The van der Waals surface area contributed by atoms with Gasteiger partial charge in [0.2, 0.25) is 0 Å². The highest BCUT2D eigenvalue weighted by atomic mass is 15.0. The monoisotopic (exact) mass is 575 g/mol. The summed E-state index contributed by atoms with van der Waals surface area (Å²) in [6.07, 6.45) is 1.92. The normalized spacial score (nSPS) is 11.8. The minimum Gasteiger partial charge on any atom is -0.309 e. The lowest BCUT2D eigenvalue weighted by Gasteiger charge is -2.12. The quantitative estimate of drug-likeness (QED) is 0.196. The van der Waals surface area contributed by atoms with Crippen molar-refractivity contribution in [1.29, 1.82) is 0 Å². The fourth-order valence-electron chi connectivity index (χ4n) is 6.93. The molecule has 3 heteroatoms. The highest BCUT2D eigenvalue weighted by Gasteiger charge is 2.15. The number of nitrogens with zero attached hydrogens (tertiary/aromatic N) is 3. The molecule has 0 aliphatic heterocycles. The molecule has 7 aromatic carbocycles. The third kappa shape index (κ3) is 4.05. The minimum absolute atomic E-state index is 0.880. The van der Waals surface area contributed by atoms with E-state index in [0.717, 1.165) is 33.1 Å². The van der Waals surface area contributed by atoms with Crippen LogP contribution in [0.25, 0.3) is 82.5 Å². The van der Waals surface area contributed by atoms with E-state index in [1.807, 2.05) is 6.20 Å². The first-order valence-corrected chi connectivity index (χ1v) is 15.4. The summed E-state index contributed by atoms with van der Waals surface area (Å²) in [5, 5.41) is 7.25. The number of para-hydroxylation sites is 2. The average Bonchev–Trinajstić information content (AvgIpc) is 3.42. The Labute approximate surface area is 261 Å². The Morgan fingerprint density at radius 2 is 1.07 bits per heavy atom. The van der Waals surface area contributed by atoms with Crippen LogP contribution in [0.4, 0.5) is 0 Å². The van der Waals surface area contributed by atoms with Crippen LogP contribution in [-0.4, -0.2) is 14.5 Å². The molecule has 9 aromatic rings. The second-order valence-electron chi connectivity index (χ2n) is 12.0. The number of hydrogen-bond acceptors (Lipinski definition) is 2. The van der Waals surface area contributed by atoms with Gasteiger partial charge in [-0.25, -0.2) is 4.98 Å². The number of hydrogen-bond donors (Lipinski definition) is 0. The fourth-order valence-corrected chi connectivity index (χ4v) is 6.93. The third-order valence-corrected chi connectivity index (χ3v) is 9.12. The number of benzene rings is 7. The van der Waals surface area contributed by atoms with Gasteiger partial charge in [-0.15, -0.1) is 0 Å². The van der Waals surface area contributed by atoms with Crippen molar-refractivity contribution in [3.05, 3.63) is 151 Å². The first-order chi connectivity index (χ1) is 22.1. The van der Waals surface area contributed by atoms with Gasteiger partial charge in [-0.2, -0.15) is 0 Å². The molecule has 0 aliphatic rings. The SMILES string of the molecule is Cc1ccc2c3ccc(C)cc3c3nc(-c4ccc(-c5ccc6c(c5)c5ccccc5n6-c5ccccc5)cc4)cnc3c2c1. The second kappa shape index (κ2) is 9.87. The molecule has 0 N–H and O–H groups in total. The summed E-state index contributed by atoms with van der Waals surface area (Å²) in [5.74, 6) is 0. The van der Waals surface area contributed by atoms with Crippen LogP contribution < -0.4 is 0 Å². The van der Waals surface area contributed by atoms with Gasteiger partial charge in [-0.05, 0) is 78.2 Å². The van der Waals surface area contributed by atoms with Crippen molar-refractivity contribution < 1.29 is 0 Å². The number of rotatable bonds is 3. The molecule has 0 fully saturated rings. The molecule has 0 saturated carbocycles. The molecule has 0 atom stereocenters. The van der Waals surface area contributed by atoms with Crippen molar-refractivity contribution in [2.45, 2.75) is 13.8 Å². The van der Waals surface area contributed by atoms with E-state index < -0.39 is 0 Å². The predicted molar refractivity (Wildman–Crippen MR) is 189 cm³/mol. The zero-order valence-corrected chi connectivity index (χ0v) is 25.1. The molecule has 0 aliphatic carbocycles. The summed E-state index contributed by atoms with van der Waals surface area (Å²) in [6.45, 7) is 4.27. The molecule has 0 spiro atoms. The topological polar surface area (TPSA) is 30.7 Å². The zero-order valence-electron chi connectivity index (χ0n) is 25.1. The summed E-state index contributed by atoms with van der Waals surface area (Å²) in [4.78, 5) is 10.3. The summed E-state index contributed by atoms with van der Waals surface area (Å²) in [7, 11) is 0. The van der Waals surface area contributed by atoms with Gasteiger partial charge in [0.05, 0.1) is 34.0 Å². The maximum absolute atomic E-state index is 5.24. The molecule has 2 aromatic heterocycles. The van der Waals surface area contributed by atoms with Gasteiger partial charge in [-0.1, -0.05) is 102 Å². The van der Waals surface area contributed by atoms with Gasteiger partial charge in [0, 0.05) is 32.8 Å². The summed E-state index contributed by atoms with van der Waals surface area (Å²) in [5.41, 5.74) is 12.2. The van der Waals surface area contributed by atoms with Gasteiger partial charge in [0.15, 0.2) is 0 Å². The Bertz CT molecular complexity index is 2590. The van der Waals surface area contributed by atoms with Crippen molar-refractivity contribution in [1.82, 2.24) is 14.5 Å². The standard InChI is InChI=1S/C42H29N3/c1-26-12-19-32-33-20-13-27(2)23-37(33)42-41(36(32)22-26)43-25-38(44-42)29-16-14-28(15-17-29)30-18-21-40-35(24-30)34-10-6-7-11-39(34)45(40)31-8-4-3-5-9-31/h3-25H,1-2H3. The molecule has 0 radical (unpaired) electrons. The van der Waals surface area contributed by atoms with Crippen LogP contribution >= 0.6 is 0 Å². The largest absolute Gasteiger partial charge is 0.309 e. The maximum Gasteiger partial charge on any atom is 0.0979 e. The highest BCUT2D eigenvalue weighted by Crippen LogP contribution is 2.37. The smallest absolute Gasteiger partial charge is 0.0979 e. The lowest BCUT2D eigenvalue weighted by atomic mass is 9.96. The summed E-state index contributed by atoms with van der Waals surface area (Å²) in [6, 6.07) is 48.1. The van der Waals surface area contributed by atoms with E-state index in [9.17, 15) is 0 Å². The van der Waals surface area contributed by atoms with E-state index >= 15 is 0 Å². The minimum atomic E-state index is 0.880. The van der Waals surface area contributed by atoms with Crippen molar-refractivity contribution in [3.8, 4) is 28.1 Å². The molecule has 9 rings (SSSR count). The Balaban J connectivity index is 1.16. The summed E-state index contributed by atoms with van der Waals surface area (Å²) < 4.78 is 2.35. The van der Waals surface area contributed by atoms with Crippen LogP contribution in [0.3, 0.4) is 0 Å². The van der Waals surface area contributed by atoms with Crippen molar-refractivity contribution in [3.63, 3.8) is 0 Å². The van der Waals surface area contributed by atoms with Crippen LogP contribution in [0.5, 0.6) is 0 Å². The van der Waals surface area contributed by atoms with Crippen molar-refractivity contribution >= 4 is 54.4 Å². The van der Waals surface area contributed by atoms with Crippen LogP contribution in [0.1, 0.15) is 11.1 Å². The lowest BCUT2D eigenvalue weighted by Crippen LogP contribution is -1.93. The number of fused-ring (bicyclic) bond motifs is 9. The molecule has 0 unspecified atom stereocenters. The van der Waals surface area contributed by atoms with Crippen molar-refractivity contribution in [2.24, 2.45) is 0 Å². The van der Waals surface area contributed by atoms with Crippen LogP contribution in [0.2, 0.25) is 0 Å². The molecule has 212 valence electrons. The third-order valence-electron chi connectivity index (χ3n) is 9.12. The van der Waals surface area contributed by atoms with Gasteiger partial charge >= 0.3 is 0 Å². The Hall–Kier alpha value is -5.80. The lowest BCUT2D eigenvalue weighted by molar-refractivity contribution is 1.18. The Kier molecular flexibility index (Phi) is 5.63. The molecule has 0 bridgehead atoms. The molecule has 2 heterocycles. The van der Waals surface area contributed by atoms with Gasteiger partial charge in [0.25, 0.3) is 0 Å². The molecule has 0 saturated heterocycles. The van der Waals surface area contributed by atoms with Crippen LogP contribution in [-0.2, 0) is 0 Å². The van der Waals surface area contributed by atoms with E-state index in [4.69, 9.17) is 9.97 Å². The summed E-state index contributed by atoms with van der Waals surface area (Å²) >= 11 is 0. The van der Waals surface area contributed by atoms with Gasteiger partial charge in [-0.3, -0.25) is 4.98 Å². The molecule has 0 amide bonds. The van der Waals surface area contributed by atoms with E-state index in [1.54, 1.807) is 0 Å². The van der Waals surface area contributed by atoms with Crippen molar-refractivity contribution in [2.75, 3.05) is 0 Å². The highest BCUT2D eigenvalue weighted by molar-refractivity contribution is 6.23. The van der Waals surface area contributed by atoms with E-state index in [-0.39, 0.29) is 0 Å². The van der Waals surface area contributed by atoms with E-state index in [0.29, 0.717) is 0 Å². The fraction of sp³-hybridized carbons (Fsp3) is 0.0476. The second-order valence-corrected chi connectivity index (χ2v) is 12.0. The van der Waals surface area contributed by atoms with Crippen LogP contribution in [0, 0.1) is 13.8 Å². The molecular weight excluding hydrogens is 546 g/mol. The number of aromatic nitrogens is 3. The predicted octanol–water partition coefficient (Wildman–Crippen LogP) is 11.0. The van der Waals surface area contributed by atoms with Gasteiger partial charge in [0.1, 0.15) is 0 Å².